The van der Waals surface area contributed by atoms with Crippen molar-refractivity contribution in [3.63, 3.8) is 0 Å². The maximum atomic E-state index is 12.7. The van der Waals surface area contributed by atoms with E-state index in [1.807, 2.05) is 0 Å². The number of imide groups is 1. The van der Waals surface area contributed by atoms with Crippen LogP contribution in [0.1, 0.15) is 28.9 Å². The molecule has 2 aromatic rings. The SMILES string of the molecule is CCNC(=O)NC(=O)[C@@H](OC(=O)c1cc(Cl)c(N)cc1OC)c1ccccc1. The highest BCUT2D eigenvalue weighted by Gasteiger charge is 2.28. The molecular weight excluding hydrogens is 386 g/mol. The van der Waals surface area contributed by atoms with Crippen molar-refractivity contribution in [1.82, 2.24) is 10.6 Å². The second-order valence-corrected chi connectivity index (χ2v) is 6.03. The smallest absolute Gasteiger partial charge is 0.343 e. The molecule has 2 aromatic carbocycles. The van der Waals surface area contributed by atoms with Gasteiger partial charge in [-0.3, -0.25) is 10.1 Å². The number of nitrogens with two attached hydrogens (primary N) is 1. The molecule has 28 heavy (non-hydrogen) atoms. The van der Waals surface area contributed by atoms with Crippen molar-refractivity contribution in [3.05, 3.63) is 58.6 Å². The lowest BCUT2D eigenvalue weighted by atomic mass is 10.1. The predicted octanol–water partition coefficient (Wildman–Crippen LogP) is 2.67. The summed E-state index contributed by atoms with van der Waals surface area (Å²) < 4.78 is 10.5. The number of amides is 3. The maximum Gasteiger partial charge on any atom is 0.343 e. The molecule has 0 aliphatic rings. The van der Waals surface area contributed by atoms with Crippen LogP contribution < -0.4 is 21.1 Å². The van der Waals surface area contributed by atoms with Crippen LogP contribution in [-0.4, -0.2) is 31.6 Å². The van der Waals surface area contributed by atoms with Crippen LogP contribution >= 0.6 is 11.6 Å². The Labute approximate surface area is 166 Å². The van der Waals surface area contributed by atoms with Gasteiger partial charge in [0, 0.05) is 18.2 Å². The molecular formula is C19H20ClN3O5. The van der Waals surface area contributed by atoms with Gasteiger partial charge in [-0.1, -0.05) is 41.9 Å². The minimum Gasteiger partial charge on any atom is -0.496 e. The molecule has 0 saturated heterocycles. The number of carbonyl (C=O) groups is 3. The van der Waals surface area contributed by atoms with Gasteiger partial charge in [0.15, 0.2) is 0 Å². The first-order chi connectivity index (χ1) is 13.4. The third-order valence-corrected chi connectivity index (χ3v) is 4.01. The number of urea groups is 1. The highest BCUT2D eigenvalue weighted by Crippen LogP contribution is 2.30. The van der Waals surface area contributed by atoms with Crippen LogP contribution in [-0.2, 0) is 9.53 Å². The van der Waals surface area contributed by atoms with Gasteiger partial charge in [-0.05, 0) is 13.0 Å². The van der Waals surface area contributed by atoms with Crippen LogP contribution in [0.15, 0.2) is 42.5 Å². The third-order valence-electron chi connectivity index (χ3n) is 3.68. The first-order valence-electron chi connectivity index (χ1n) is 8.35. The molecule has 0 unspecified atom stereocenters. The molecule has 0 radical (unpaired) electrons. The molecule has 4 N–H and O–H groups in total. The lowest BCUT2D eigenvalue weighted by Crippen LogP contribution is -2.42. The van der Waals surface area contributed by atoms with Gasteiger partial charge in [0.25, 0.3) is 5.91 Å². The number of benzene rings is 2. The summed E-state index contributed by atoms with van der Waals surface area (Å²) in [6.45, 7) is 2.03. The molecule has 2 rings (SSSR count). The largest absolute Gasteiger partial charge is 0.496 e. The summed E-state index contributed by atoms with van der Waals surface area (Å²) >= 11 is 5.99. The molecule has 0 aromatic heterocycles. The standard InChI is InChI=1S/C19H20ClN3O5/c1-3-22-19(26)23-17(24)16(11-7-5-4-6-8-11)28-18(25)12-9-13(20)14(21)10-15(12)27-2/h4-10,16H,3,21H2,1-2H3,(H2,22,23,24,26)/t16-/m0/s1. The van der Waals surface area contributed by atoms with Gasteiger partial charge >= 0.3 is 12.0 Å². The lowest BCUT2D eigenvalue weighted by Gasteiger charge is -2.19. The van der Waals surface area contributed by atoms with E-state index in [0.717, 1.165) is 0 Å². The van der Waals surface area contributed by atoms with E-state index >= 15 is 0 Å². The molecule has 0 aliphatic heterocycles. The van der Waals surface area contributed by atoms with E-state index < -0.39 is 24.0 Å². The van der Waals surface area contributed by atoms with Crippen molar-refractivity contribution in [2.75, 3.05) is 19.4 Å². The summed E-state index contributed by atoms with van der Waals surface area (Å²) in [5.74, 6) is -1.52. The van der Waals surface area contributed by atoms with Gasteiger partial charge in [0.05, 0.1) is 17.8 Å². The minimum absolute atomic E-state index is 0.00607. The first-order valence-corrected chi connectivity index (χ1v) is 8.72. The normalized spacial score (nSPS) is 11.2. The number of methoxy groups -OCH3 is 1. The molecule has 0 fully saturated rings. The Bertz CT molecular complexity index is 873. The number of nitrogens with one attached hydrogen (secondary N) is 2. The number of nitrogen functional groups attached to an aromatic ring is 1. The number of ether oxygens (including phenoxy) is 2. The second-order valence-electron chi connectivity index (χ2n) is 5.62. The van der Waals surface area contributed by atoms with Crippen LogP contribution in [0, 0.1) is 0 Å². The van der Waals surface area contributed by atoms with Crippen LogP contribution in [0.3, 0.4) is 0 Å². The van der Waals surface area contributed by atoms with Crippen molar-refractivity contribution >= 4 is 35.2 Å². The third kappa shape index (κ3) is 5.14. The van der Waals surface area contributed by atoms with Crippen LogP contribution in [0.2, 0.25) is 5.02 Å². The fraction of sp³-hybridized carbons (Fsp3) is 0.211. The van der Waals surface area contributed by atoms with Gasteiger partial charge in [-0.25, -0.2) is 9.59 Å². The molecule has 0 aliphatic carbocycles. The topological polar surface area (TPSA) is 120 Å². The molecule has 8 nitrogen and oxygen atoms in total. The van der Waals surface area contributed by atoms with Crippen LogP contribution in [0.5, 0.6) is 5.75 Å². The Kier molecular flexibility index (Phi) is 7.22. The number of anilines is 1. The number of carbonyl (C=O) groups excluding carboxylic acids is 3. The first kappa shape index (κ1) is 21.0. The van der Waals surface area contributed by atoms with E-state index in [9.17, 15) is 14.4 Å². The zero-order valence-electron chi connectivity index (χ0n) is 15.3. The molecule has 148 valence electrons. The number of hydrogen-bond donors (Lipinski definition) is 3. The predicted molar refractivity (Wildman–Crippen MR) is 104 cm³/mol. The molecule has 0 saturated carbocycles. The average Bonchev–Trinajstić information content (AvgIpc) is 2.68. The fourth-order valence-electron chi connectivity index (χ4n) is 2.35. The Balaban J connectivity index is 2.32. The number of hydrogen-bond acceptors (Lipinski definition) is 6. The Morgan fingerprint density at radius 2 is 1.86 bits per heavy atom. The lowest BCUT2D eigenvalue weighted by molar-refractivity contribution is -0.129. The summed E-state index contributed by atoms with van der Waals surface area (Å²) in [6, 6.07) is 10.3. The minimum atomic E-state index is -1.36. The van der Waals surface area contributed by atoms with Gasteiger partial charge < -0.3 is 20.5 Å². The van der Waals surface area contributed by atoms with E-state index in [2.05, 4.69) is 10.6 Å². The van der Waals surface area contributed by atoms with E-state index in [4.69, 9.17) is 26.8 Å². The van der Waals surface area contributed by atoms with Crippen molar-refractivity contribution in [2.45, 2.75) is 13.0 Å². The molecule has 1 atom stereocenters. The summed E-state index contributed by atoms with van der Waals surface area (Å²) in [7, 11) is 1.36. The highest BCUT2D eigenvalue weighted by molar-refractivity contribution is 6.33. The summed E-state index contributed by atoms with van der Waals surface area (Å²) in [5, 5.41) is 4.71. The zero-order valence-corrected chi connectivity index (χ0v) is 16.1. The quantitative estimate of drug-likeness (QED) is 0.502. The summed E-state index contributed by atoms with van der Waals surface area (Å²) in [5.41, 5.74) is 6.32. The summed E-state index contributed by atoms with van der Waals surface area (Å²) in [4.78, 5) is 36.9. The second kappa shape index (κ2) is 9.61. The zero-order chi connectivity index (χ0) is 20.7. The van der Waals surface area contributed by atoms with Crippen molar-refractivity contribution in [3.8, 4) is 5.75 Å². The van der Waals surface area contributed by atoms with Crippen molar-refractivity contribution in [2.24, 2.45) is 0 Å². The average molecular weight is 406 g/mol. The molecule has 0 bridgehead atoms. The number of rotatable bonds is 6. The summed E-state index contributed by atoms with van der Waals surface area (Å²) in [6.07, 6.45) is -1.36. The van der Waals surface area contributed by atoms with E-state index in [1.165, 1.54) is 19.2 Å². The van der Waals surface area contributed by atoms with E-state index in [1.54, 1.807) is 37.3 Å². The van der Waals surface area contributed by atoms with Crippen LogP contribution in [0.4, 0.5) is 10.5 Å². The van der Waals surface area contributed by atoms with Crippen LogP contribution in [0.25, 0.3) is 0 Å². The highest BCUT2D eigenvalue weighted by atomic mass is 35.5. The molecule has 3 amide bonds. The molecule has 0 heterocycles. The van der Waals surface area contributed by atoms with E-state index in [-0.39, 0.29) is 22.0 Å². The number of halogens is 1. The Morgan fingerprint density at radius 3 is 2.46 bits per heavy atom. The van der Waals surface area contributed by atoms with Crippen molar-refractivity contribution < 1.29 is 23.9 Å². The Hall–Kier alpha value is -3.26. The molecule has 9 heteroatoms. The Morgan fingerprint density at radius 1 is 1.18 bits per heavy atom. The maximum absolute atomic E-state index is 12.7. The van der Waals surface area contributed by atoms with Crippen molar-refractivity contribution in [1.29, 1.82) is 0 Å². The molecule has 0 spiro atoms. The van der Waals surface area contributed by atoms with E-state index in [0.29, 0.717) is 12.1 Å². The van der Waals surface area contributed by atoms with Gasteiger partial charge in [0.1, 0.15) is 11.3 Å². The van der Waals surface area contributed by atoms with Gasteiger partial charge in [-0.15, -0.1) is 0 Å². The fourth-order valence-corrected chi connectivity index (χ4v) is 2.51. The van der Waals surface area contributed by atoms with Gasteiger partial charge in [-0.2, -0.15) is 0 Å². The number of esters is 1. The monoisotopic (exact) mass is 405 g/mol. The van der Waals surface area contributed by atoms with Gasteiger partial charge in [0.2, 0.25) is 6.10 Å².